The molecule has 0 bridgehead atoms. The maximum absolute atomic E-state index is 6.03. The Hall–Kier alpha value is -1.26. The number of hydrogen-bond donors (Lipinski definition) is 1. The molecule has 1 aromatic carbocycles. The molecule has 2 rings (SSSR count). The van der Waals surface area contributed by atoms with Crippen LogP contribution in [-0.2, 0) is 0 Å². The van der Waals surface area contributed by atoms with Gasteiger partial charge in [-0.25, -0.2) is 0 Å². The van der Waals surface area contributed by atoms with Crippen molar-refractivity contribution in [2.75, 3.05) is 33.9 Å². The lowest BCUT2D eigenvalue weighted by atomic mass is 9.95. The fourth-order valence-electron chi connectivity index (χ4n) is 2.86. The zero-order valence-corrected chi connectivity index (χ0v) is 12.8. The number of nitrogens with two attached hydrogens (primary N) is 1. The number of piperidine rings is 1. The topological polar surface area (TPSA) is 47.7 Å². The number of hydrogen-bond acceptors (Lipinski definition) is 4. The van der Waals surface area contributed by atoms with Gasteiger partial charge in [-0.15, -0.1) is 0 Å². The van der Waals surface area contributed by atoms with E-state index in [1.54, 1.807) is 14.2 Å². The SMILES string of the molecule is COc1cc(OC)cc([C@@H](CN)N2CCC(C)CC2)c1. The molecule has 1 atom stereocenters. The Morgan fingerprint density at radius 2 is 1.70 bits per heavy atom. The normalized spacial score (nSPS) is 18.8. The molecule has 0 unspecified atom stereocenters. The van der Waals surface area contributed by atoms with Crippen LogP contribution >= 0.6 is 0 Å². The molecule has 2 N–H and O–H groups in total. The highest BCUT2D eigenvalue weighted by molar-refractivity contribution is 5.40. The second-order valence-electron chi connectivity index (χ2n) is 5.62. The molecule has 1 aliphatic rings. The summed E-state index contributed by atoms with van der Waals surface area (Å²) >= 11 is 0. The minimum Gasteiger partial charge on any atom is -0.497 e. The predicted molar refractivity (Wildman–Crippen MR) is 81.3 cm³/mol. The van der Waals surface area contributed by atoms with Crippen LogP contribution in [0.4, 0.5) is 0 Å². The molecular formula is C16H26N2O2. The lowest BCUT2D eigenvalue weighted by Gasteiger charge is -2.36. The fraction of sp³-hybridized carbons (Fsp3) is 0.625. The van der Waals surface area contributed by atoms with Gasteiger partial charge in [-0.2, -0.15) is 0 Å². The van der Waals surface area contributed by atoms with Crippen molar-refractivity contribution < 1.29 is 9.47 Å². The van der Waals surface area contributed by atoms with E-state index >= 15 is 0 Å². The minimum atomic E-state index is 0.242. The quantitative estimate of drug-likeness (QED) is 0.898. The largest absolute Gasteiger partial charge is 0.497 e. The van der Waals surface area contributed by atoms with Crippen molar-refractivity contribution in [1.82, 2.24) is 4.90 Å². The number of benzene rings is 1. The first-order chi connectivity index (χ1) is 9.67. The molecule has 1 aromatic rings. The molecule has 112 valence electrons. The van der Waals surface area contributed by atoms with Crippen LogP contribution < -0.4 is 15.2 Å². The first-order valence-corrected chi connectivity index (χ1v) is 7.35. The van der Waals surface area contributed by atoms with Crippen molar-refractivity contribution >= 4 is 0 Å². The van der Waals surface area contributed by atoms with Gasteiger partial charge >= 0.3 is 0 Å². The Morgan fingerprint density at radius 1 is 1.15 bits per heavy atom. The molecule has 1 aliphatic heterocycles. The summed E-state index contributed by atoms with van der Waals surface area (Å²) in [5.41, 5.74) is 7.21. The first-order valence-electron chi connectivity index (χ1n) is 7.35. The predicted octanol–water partition coefficient (Wildman–Crippen LogP) is 2.44. The molecule has 0 amide bonds. The van der Waals surface area contributed by atoms with Gasteiger partial charge in [0.2, 0.25) is 0 Å². The molecule has 1 fully saturated rings. The summed E-state index contributed by atoms with van der Waals surface area (Å²) in [4.78, 5) is 2.48. The number of nitrogens with zero attached hydrogens (tertiary/aromatic N) is 1. The van der Waals surface area contributed by atoms with E-state index in [2.05, 4.69) is 24.0 Å². The number of ether oxygens (including phenoxy) is 2. The smallest absolute Gasteiger partial charge is 0.122 e. The first kappa shape index (κ1) is 15.1. The second-order valence-corrected chi connectivity index (χ2v) is 5.62. The van der Waals surface area contributed by atoms with Crippen molar-refractivity contribution in [3.05, 3.63) is 23.8 Å². The molecule has 20 heavy (non-hydrogen) atoms. The van der Waals surface area contributed by atoms with Crippen molar-refractivity contribution in [1.29, 1.82) is 0 Å². The van der Waals surface area contributed by atoms with E-state index in [0.717, 1.165) is 30.5 Å². The van der Waals surface area contributed by atoms with E-state index in [9.17, 15) is 0 Å². The zero-order chi connectivity index (χ0) is 14.5. The third-order valence-electron chi connectivity index (χ3n) is 4.24. The van der Waals surface area contributed by atoms with Gasteiger partial charge in [0.1, 0.15) is 11.5 Å². The average molecular weight is 278 g/mol. The van der Waals surface area contributed by atoms with Gasteiger partial charge in [0.25, 0.3) is 0 Å². The van der Waals surface area contributed by atoms with Crippen molar-refractivity contribution in [2.24, 2.45) is 11.7 Å². The van der Waals surface area contributed by atoms with E-state index in [1.807, 2.05) is 6.07 Å². The van der Waals surface area contributed by atoms with Crippen LogP contribution in [0.5, 0.6) is 11.5 Å². The van der Waals surface area contributed by atoms with Gasteiger partial charge < -0.3 is 15.2 Å². The Morgan fingerprint density at radius 3 is 2.15 bits per heavy atom. The molecule has 1 heterocycles. The van der Waals surface area contributed by atoms with Crippen molar-refractivity contribution in [2.45, 2.75) is 25.8 Å². The average Bonchev–Trinajstić information content (AvgIpc) is 2.49. The van der Waals surface area contributed by atoms with Crippen LogP contribution in [0.1, 0.15) is 31.4 Å². The van der Waals surface area contributed by atoms with Gasteiger partial charge in [0.15, 0.2) is 0 Å². The van der Waals surface area contributed by atoms with Crippen LogP contribution in [-0.4, -0.2) is 38.8 Å². The maximum Gasteiger partial charge on any atom is 0.122 e. The van der Waals surface area contributed by atoms with Crippen LogP contribution in [0.3, 0.4) is 0 Å². The zero-order valence-electron chi connectivity index (χ0n) is 12.8. The van der Waals surface area contributed by atoms with Crippen LogP contribution in [0.15, 0.2) is 18.2 Å². The summed E-state index contributed by atoms with van der Waals surface area (Å²) < 4.78 is 10.7. The molecule has 1 saturated heterocycles. The molecule has 4 nitrogen and oxygen atoms in total. The monoisotopic (exact) mass is 278 g/mol. The number of likely N-dealkylation sites (tertiary alicyclic amines) is 1. The molecule has 0 spiro atoms. The summed E-state index contributed by atoms with van der Waals surface area (Å²) in [6, 6.07) is 6.28. The Kier molecular flexibility index (Phi) is 5.26. The second kappa shape index (κ2) is 6.95. The van der Waals surface area contributed by atoms with Crippen molar-refractivity contribution in [3.8, 4) is 11.5 Å². The van der Waals surface area contributed by atoms with Gasteiger partial charge in [0, 0.05) is 18.7 Å². The van der Waals surface area contributed by atoms with E-state index in [-0.39, 0.29) is 6.04 Å². The molecular weight excluding hydrogens is 252 g/mol. The third kappa shape index (κ3) is 3.44. The summed E-state index contributed by atoms with van der Waals surface area (Å²) in [5, 5.41) is 0. The summed E-state index contributed by atoms with van der Waals surface area (Å²) in [5.74, 6) is 2.47. The molecule has 4 heteroatoms. The Balaban J connectivity index is 2.22. The van der Waals surface area contributed by atoms with E-state index in [1.165, 1.54) is 18.4 Å². The van der Waals surface area contributed by atoms with Crippen LogP contribution in [0, 0.1) is 5.92 Å². The van der Waals surface area contributed by atoms with E-state index < -0.39 is 0 Å². The molecule has 0 radical (unpaired) electrons. The highest BCUT2D eigenvalue weighted by Gasteiger charge is 2.24. The highest BCUT2D eigenvalue weighted by atomic mass is 16.5. The Bertz CT molecular complexity index is 406. The number of methoxy groups -OCH3 is 2. The van der Waals surface area contributed by atoms with Gasteiger partial charge in [-0.05, 0) is 49.5 Å². The van der Waals surface area contributed by atoms with Gasteiger partial charge in [-0.3, -0.25) is 4.90 Å². The molecule has 0 aromatic heterocycles. The van der Waals surface area contributed by atoms with Gasteiger partial charge in [-0.1, -0.05) is 6.92 Å². The van der Waals surface area contributed by atoms with Gasteiger partial charge in [0.05, 0.1) is 14.2 Å². The summed E-state index contributed by atoms with van der Waals surface area (Å²) in [7, 11) is 3.36. The van der Waals surface area contributed by atoms with E-state index in [0.29, 0.717) is 6.54 Å². The maximum atomic E-state index is 6.03. The minimum absolute atomic E-state index is 0.242. The van der Waals surface area contributed by atoms with E-state index in [4.69, 9.17) is 15.2 Å². The fourth-order valence-corrected chi connectivity index (χ4v) is 2.86. The Labute approximate surface area is 121 Å². The summed E-state index contributed by atoms with van der Waals surface area (Å²) in [6.45, 7) is 5.17. The lowest BCUT2D eigenvalue weighted by Crippen LogP contribution is -2.39. The van der Waals surface area contributed by atoms with Crippen LogP contribution in [0.25, 0.3) is 0 Å². The molecule has 0 saturated carbocycles. The summed E-state index contributed by atoms with van der Waals surface area (Å²) in [6.07, 6.45) is 2.50. The van der Waals surface area contributed by atoms with Crippen LogP contribution in [0.2, 0.25) is 0 Å². The van der Waals surface area contributed by atoms with Crippen molar-refractivity contribution in [3.63, 3.8) is 0 Å². The highest BCUT2D eigenvalue weighted by Crippen LogP contribution is 2.31. The number of rotatable bonds is 5. The third-order valence-corrected chi connectivity index (χ3v) is 4.24. The molecule has 0 aliphatic carbocycles. The standard InChI is InChI=1S/C16H26N2O2/c1-12-4-6-18(7-5-12)16(11-17)13-8-14(19-2)10-15(9-13)20-3/h8-10,12,16H,4-7,11,17H2,1-3H3/t16-/m1/s1. The lowest BCUT2D eigenvalue weighted by molar-refractivity contribution is 0.141.